The standard InChI is InChI=1S/2C17H16N4O3/c2*18-14-8-9-20-15-12(14)2-1-3-13(15)17(22)19-16(20)10-4-6-11(7-5-10)21(23)24/h2*1-7,14,16H,8-9,18H2,(H,19,22)/t2*14-,16-/m10/s1. The lowest BCUT2D eigenvalue weighted by molar-refractivity contribution is -0.385. The van der Waals surface area contributed by atoms with E-state index in [0.29, 0.717) is 24.2 Å². The minimum Gasteiger partial charge on any atom is -0.346 e. The third-order valence-corrected chi connectivity index (χ3v) is 9.36. The lowest BCUT2D eigenvalue weighted by atomic mass is 9.90. The minimum absolute atomic E-state index is 0.0302. The minimum atomic E-state index is -0.434. The summed E-state index contributed by atoms with van der Waals surface area (Å²) in [6.45, 7) is 1.43. The molecule has 244 valence electrons. The summed E-state index contributed by atoms with van der Waals surface area (Å²) in [6.07, 6.45) is 0.880. The third kappa shape index (κ3) is 5.26. The molecule has 4 aliphatic rings. The monoisotopic (exact) mass is 648 g/mol. The highest BCUT2D eigenvalue weighted by Gasteiger charge is 2.38. The Kier molecular flexibility index (Phi) is 7.73. The highest BCUT2D eigenvalue weighted by Crippen LogP contribution is 2.43. The smallest absolute Gasteiger partial charge is 0.269 e. The Balaban J connectivity index is 0.000000152. The molecular weight excluding hydrogens is 616 g/mol. The predicted molar refractivity (Wildman–Crippen MR) is 177 cm³/mol. The average Bonchev–Trinajstić information content (AvgIpc) is 3.10. The van der Waals surface area contributed by atoms with Crippen molar-refractivity contribution in [1.29, 1.82) is 0 Å². The SMILES string of the molecule is N[C@@H]1CCN2c3c(cccc31)C(=O)N[C@H]2c1ccc([N+](=O)[O-])cc1.N[C@H]1CCN2c3c(cccc31)C(=O)N[C@@H]2c1ccc([N+](=O)[O-])cc1. The van der Waals surface area contributed by atoms with E-state index >= 15 is 0 Å². The molecule has 4 aliphatic heterocycles. The van der Waals surface area contributed by atoms with Crippen molar-refractivity contribution in [3.63, 3.8) is 0 Å². The Bertz CT molecular complexity index is 1810. The van der Waals surface area contributed by atoms with Crippen LogP contribution >= 0.6 is 0 Å². The van der Waals surface area contributed by atoms with Gasteiger partial charge in [0.25, 0.3) is 23.2 Å². The van der Waals surface area contributed by atoms with E-state index < -0.39 is 9.85 Å². The van der Waals surface area contributed by atoms with Gasteiger partial charge in [-0.1, -0.05) is 24.3 Å². The molecule has 0 unspecified atom stereocenters. The first-order valence-electron chi connectivity index (χ1n) is 15.5. The first-order chi connectivity index (χ1) is 23.1. The van der Waals surface area contributed by atoms with Gasteiger partial charge in [-0.2, -0.15) is 0 Å². The topological polar surface area (TPSA) is 203 Å². The molecule has 0 spiro atoms. The van der Waals surface area contributed by atoms with E-state index in [-0.39, 0.29) is 47.6 Å². The van der Waals surface area contributed by atoms with Crippen molar-refractivity contribution in [2.75, 3.05) is 22.9 Å². The maximum atomic E-state index is 12.5. The number of anilines is 2. The molecule has 0 fully saturated rings. The second-order valence-electron chi connectivity index (χ2n) is 12.1. The fourth-order valence-electron chi connectivity index (χ4n) is 6.98. The van der Waals surface area contributed by atoms with Crippen molar-refractivity contribution in [2.24, 2.45) is 11.5 Å². The first kappa shape index (κ1) is 30.8. The van der Waals surface area contributed by atoms with E-state index in [1.165, 1.54) is 24.3 Å². The summed E-state index contributed by atoms with van der Waals surface area (Å²) in [5.41, 5.74) is 19.0. The molecule has 8 rings (SSSR count). The third-order valence-electron chi connectivity index (χ3n) is 9.36. The van der Waals surface area contributed by atoms with Crippen molar-refractivity contribution in [3.8, 4) is 0 Å². The number of nitro benzene ring substituents is 2. The van der Waals surface area contributed by atoms with Crippen LogP contribution < -0.4 is 31.9 Å². The summed E-state index contributed by atoms with van der Waals surface area (Å²) in [7, 11) is 0. The zero-order valence-corrected chi connectivity index (χ0v) is 25.6. The first-order valence-corrected chi connectivity index (χ1v) is 15.5. The number of carbonyl (C=O) groups is 2. The van der Waals surface area contributed by atoms with Crippen LogP contribution in [0.4, 0.5) is 22.7 Å². The van der Waals surface area contributed by atoms with Crippen LogP contribution in [0.15, 0.2) is 84.9 Å². The molecule has 0 aromatic heterocycles. The van der Waals surface area contributed by atoms with Crippen molar-refractivity contribution < 1.29 is 19.4 Å². The van der Waals surface area contributed by atoms with Crippen molar-refractivity contribution in [3.05, 3.63) is 139 Å². The van der Waals surface area contributed by atoms with E-state index in [4.69, 9.17) is 11.5 Å². The van der Waals surface area contributed by atoms with Gasteiger partial charge >= 0.3 is 0 Å². The quantitative estimate of drug-likeness (QED) is 0.180. The maximum absolute atomic E-state index is 12.5. The molecule has 14 nitrogen and oxygen atoms in total. The number of nitrogens with zero attached hydrogens (tertiary/aromatic N) is 4. The Hall–Kier alpha value is -5.86. The van der Waals surface area contributed by atoms with Crippen molar-refractivity contribution in [1.82, 2.24) is 10.6 Å². The second kappa shape index (κ2) is 12.1. The summed E-state index contributed by atoms with van der Waals surface area (Å²) in [6, 6.07) is 23.6. The molecule has 0 aliphatic carbocycles. The number of amides is 2. The summed E-state index contributed by atoms with van der Waals surface area (Å²) in [5, 5.41) is 27.6. The number of benzene rings is 4. The number of para-hydroxylation sites is 2. The van der Waals surface area contributed by atoms with Gasteiger partial charge < -0.3 is 31.9 Å². The fourth-order valence-corrected chi connectivity index (χ4v) is 6.98. The van der Waals surface area contributed by atoms with Crippen LogP contribution in [0.2, 0.25) is 0 Å². The van der Waals surface area contributed by atoms with Gasteiger partial charge in [-0.15, -0.1) is 0 Å². The molecule has 48 heavy (non-hydrogen) atoms. The number of carbonyl (C=O) groups excluding carboxylic acids is 2. The summed E-state index contributed by atoms with van der Waals surface area (Å²) < 4.78 is 0. The number of rotatable bonds is 4. The number of nitrogens with two attached hydrogens (primary N) is 2. The number of nitrogens with one attached hydrogen (secondary N) is 2. The number of hydrogen-bond acceptors (Lipinski definition) is 10. The number of hydrogen-bond donors (Lipinski definition) is 4. The predicted octanol–water partition coefficient (Wildman–Crippen LogP) is 4.49. The van der Waals surface area contributed by atoms with E-state index in [1.807, 2.05) is 24.3 Å². The molecule has 0 radical (unpaired) electrons. The van der Waals surface area contributed by atoms with Crippen LogP contribution in [0.5, 0.6) is 0 Å². The van der Waals surface area contributed by atoms with Crippen LogP contribution in [0.25, 0.3) is 0 Å². The average molecular weight is 649 g/mol. The normalized spacial score (nSPS) is 21.9. The molecule has 0 bridgehead atoms. The molecule has 4 atom stereocenters. The lowest BCUT2D eigenvalue weighted by Crippen LogP contribution is -2.49. The molecule has 2 amide bonds. The Labute approximate surface area is 274 Å². The van der Waals surface area contributed by atoms with Crippen molar-refractivity contribution in [2.45, 2.75) is 37.3 Å². The number of nitro groups is 2. The van der Waals surface area contributed by atoms with Crippen LogP contribution in [-0.2, 0) is 0 Å². The van der Waals surface area contributed by atoms with Gasteiger partial charge in [-0.05, 0) is 71.5 Å². The molecule has 6 N–H and O–H groups in total. The molecule has 4 aromatic carbocycles. The molecule has 4 heterocycles. The summed E-state index contributed by atoms with van der Waals surface area (Å²) >= 11 is 0. The Morgan fingerprint density at radius 1 is 0.604 bits per heavy atom. The summed E-state index contributed by atoms with van der Waals surface area (Å²) in [5.74, 6) is -0.305. The van der Waals surface area contributed by atoms with Crippen LogP contribution in [0.3, 0.4) is 0 Å². The zero-order valence-electron chi connectivity index (χ0n) is 25.6. The van der Waals surface area contributed by atoms with Gasteiger partial charge in [0.15, 0.2) is 0 Å². The molecule has 4 aromatic rings. The Morgan fingerprint density at radius 3 is 1.33 bits per heavy atom. The maximum Gasteiger partial charge on any atom is 0.269 e. The molecule has 14 heteroatoms. The number of non-ortho nitro benzene ring substituents is 2. The molecular formula is C34H32N8O6. The highest BCUT2D eigenvalue weighted by molar-refractivity contribution is 6.04. The zero-order chi connectivity index (χ0) is 33.7. The van der Waals surface area contributed by atoms with Gasteiger partial charge in [0.05, 0.1) is 32.3 Å². The lowest BCUT2D eigenvalue weighted by Gasteiger charge is -2.44. The van der Waals surface area contributed by atoms with Crippen molar-refractivity contribution >= 4 is 34.6 Å². The highest BCUT2D eigenvalue weighted by atomic mass is 16.6. The van der Waals surface area contributed by atoms with E-state index in [1.54, 1.807) is 36.4 Å². The fraction of sp³-hybridized carbons (Fsp3) is 0.235. The summed E-state index contributed by atoms with van der Waals surface area (Å²) in [4.78, 5) is 50.0. The van der Waals surface area contributed by atoms with Gasteiger partial charge in [-0.3, -0.25) is 29.8 Å². The van der Waals surface area contributed by atoms with Gasteiger partial charge in [0, 0.05) is 49.4 Å². The second-order valence-corrected chi connectivity index (χ2v) is 12.1. The van der Waals surface area contributed by atoms with E-state index in [0.717, 1.165) is 46.5 Å². The molecule has 0 saturated carbocycles. The largest absolute Gasteiger partial charge is 0.346 e. The van der Waals surface area contributed by atoms with Crippen LogP contribution in [0.1, 0.15) is 80.2 Å². The molecule has 0 saturated heterocycles. The van der Waals surface area contributed by atoms with E-state index in [9.17, 15) is 29.8 Å². The van der Waals surface area contributed by atoms with Gasteiger partial charge in [0.2, 0.25) is 0 Å². The Morgan fingerprint density at radius 2 is 0.979 bits per heavy atom. The van der Waals surface area contributed by atoms with Crippen LogP contribution in [-0.4, -0.2) is 34.8 Å². The van der Waals surface area contributed by atoms with Gasteiger partial charge in [0.1, 0.15) is 12.3 Å². The van der Waals surface area contributed by atoms with E-state index in [2.05, 4.69) is 20.4 Å². The van der Waals surface area contributed by atoms with Gasteiger partial charge in [-0.25, -0.2) is 0 Å². The van der Waals surface area contributed by atoms with Crippen LogP contribution in [0, 0.1) is 20.2 Å².